The number of para-hydroxylation sites is 2. The van der Waals surface area contributed by atoms with E-state index >= 15 is 0 Å². The SMILES string of the molecule is CC(C)C(O)C(=O)N1CCN(c2nc(-c3ccccc3O)nc3ccccc23)CC1. The van der Waals surface area contributed by atoms with Crippen LogP contribution in [0.5, 0.6) is 5.75 Å². The molecule has 2 aromatic carbocycles. The number of aliphatic hydroxyl groups excluding tert-OH is 1. The van der Waals surface area contributed by atoms with E-state index in [0.717, 1.165) is 16.7 Å². The van der Waals surface area contributed by atoms with Gasteiger partial charge < -0.3 is 20.0 Å². The van der Waals surface area contributed by atoms with Gasteiger partial charge in [-0.1, -0.05) is 38.1 Å². The summed E-state index contributed by atoms with van der Waals surface area (Å²) >= 11 is 0. The number of aliphatic hydroxyl groups is 1. The Labute approximate surface area is 175 Å². The van der Waals surface area contributed by atoms with E-state index in [1.165, 1.54) is 0 Å². The smallest absolute Gasteiger partial charge is 0.251 e. The molecule has 2 N–H and O–H groups in total. The van der Waals surface area contributed by atoms with Crippen molar-refractivity contribution in [2.45, 2.75) is 20.0 Å². The van der Waals surface area contributed by atoms with Crippen molar-refractivity contribution in [2.75, 3.05) is 31.1 Å². The van der Waals surface area contributed by atoms with Gasteiger partial charge in [0, 0.05) is 31.6 Å². The van der Waals surface area contributed by atoms with Crippen LogP contribution in [0.2, 0.25) is 0 Å². The van der Waals surface area contributed by atoms with Gasteiger partial charge in [0.25, 0.3) is 5.91 Å². The molecule has 30 heavy (non-hydrogen) atoms. The first-order chi connectivity index (χ1) is 14.5. The molecule has 1 unspecified atom stereocenters. The Morgan fingerprint density at radius 3 is 2.33 bits per heavy atom. The number of amides is 1. The summed E-state index contributed by atoms with van der Waals surface area (Å²) < 4.78 is 0. The maximum Gasteiger partial charge on any atom is 0.251 e. The van der Waals surface area contributed by atoms with Gasteiger partial charge in [-0.2, -0.15) is 0 Å². The topological polar surface area (TPSA) is 89.8 Å². The minimum atomic E-state index is -0.968. The number of phenolic OH excluding ortho intramolecular Hbond substituents is 1. The van der Waals surface area contributed by atoms with Gasteiger partial charge in [-0.15, -0.1) is 0 Å². The molecule has 4 rings (SSSR count). The highest BCUT2D eigenvalue weighted by molar-refractivity contribution is 5.91. The highest BCUT2D eigenvalue weighted by Gasteiger charge is 2.29. The number of phenols is 1. The van der Waals surface area contributed by atoms with Gasteiger partial charge in [-0.25, -0.2) is 9.97 Å². The highest BCUT2D eigenvalue weighted by Crippen LogP contribution is 2.31. The quantitative estimate of drug-likeness (QED) is 0.692. The van der Waals surface area contributed by atoms with E-state index in [9.17, 15) is 15.0 Å². The Hall–Kier alpha value is -3.19. The van der Waals surface area contributed by atoms with Crippen LogP contribution in [0.1, 0.15) is 13.8 Å². The number of fused-ring (bicyclic) bond motifs is 1. The summed E-state index contributed by atoms with van der Waals surface area (Å²) in [6.07, 6.45) is -0.968. The van der Waals surface area contributed by atoms with Crippen LogP contribution >= 0.6 is 0 Å². The molecule has 0 spiro atoms. The van der Waals surface area contributed by atoms with Gasteiger partial charge in [0.1, 0.15) is 17.7 Å². The Balaban J connectivity index is 1.65. The van der Waals surface area contributed by atoms with E-state index in [4.69, 9.17) is 4.98 Å². The van der Waals surface area contributed by atoms with Crippen LogP contribution in [0, 0.1) is 5.92 Å². The van der Waals surface area contributed by atoms with Crippen molar-refractivity contribution < 1.29 is 15.0 Å². The third-order valence-electron chi connectivity index (χ3n) is 5.50. The van der Waals surface area contributed by atoms with Crippen LogP contribution in [0.15, 0.2) is 48.5 Å². The zero-order valence-electron chi connectivity index (χ0n) is 17.2. The van der Waals surface area contributed by atoms with Crippen LogP contribution < -0.4 is 4.90 Å². The number of piperazine rings is 1. The number of aromatic nitrogens is 2. The molecule has 0 aliphatic carbocycles. The molecule has 3 aromatic rings. The monoisotopic (exact) mass is 406 g/mol. The molecule has 1 atom stereocenters. The third kappa shape index (κ3) is 3.80. The van der Waals surface area contributed by atoms with Crippen molar-refractivity contribution in [3.8, 4) is 17.1 Å². The molecule has 1 aliphatic heterocycles. The first kappa shape index (κ1) is 20.1. The Morgan fingerprint density at radius 2 is 1.63 bits per heavy atom. The van der Waals surface area contributed by atoms with Crippen molar-refractivity contribution >= 4 is 22.6 Å². The molecule has 7 heteroatoms. The number of anilines is 1. The van der Waals surface area contributed by atoms with Crippen molar-refractivity contribution in [3.05, 3.63) is 48.5 Å². The summed E-state index contributed by atoms with van der Waals surface area (Å²) in [6, 6.07) is 14.8. The van der Waals surface area contributed by atoms with E-state index < -0.39 is 6.10 Å². The number of hydrogen-bond acceptors (Lipinski definition) is 6. The average molecular weight is 406 g/mol. The second kappa shape index (κ2) is 8.28. The molecule has 1 aromatic heterocycles. The van der Waals surface area contributed by atoms with E-state index in [-0.39, 0.29) is 17.6 Å². The van der Waals surface area contributed by atoms with E-state index in [0.29, 0.717) is 37.6 Å². The zero-order chi connectivity index (χ0) is 21.3. The summed E-state index contributed by atoms with van der Waals surface area (Å²) in [7, 11) is 0. The van der Waals surface area contributed by atoms with Crippen molar-refractivity contribution in [3.63, 3.8) is 0 Å². The van der Waals surface area contributed by atoms with Gasteiger partial charge in [-0.05, 0) is 30.2 Å². The average Bonchev–Trinajstić information content (AvgIpc) is 2.77. The summed E-state index contributed by atoms with van der Waals surface area (Å²) in [5.41, 5.74) is 1.38. The van der Waals surface area contributed by atoms with Crippen LogP contribution in [-0.4, -0.2) is 63.3 Å². The van der Waals surface area contributed by atoms with Gasteiger partial charge in [0.2, 0.25) is 0 Å². The van der Waals surface area contributed by atoms with Crippen molar-refractivity contribution in [1.82, 2.24) is 14.9 Å². The summed E-state index contributed by atoms with van der Waals surface area (Å²) in [4.78, 5) is 25.8. The summed E-state index contributed by atoms with van der Waals surface area (Å²) in [6.45, 7) is 5.94. The lowest BCUT2D eigenvalue weighted by molar-refractivity contribution is -0.142. The number of nitrogens with zero attached hydrogens (tertiary/aromatic N) is 4. The maximum atomic E-state index is 12.5. The molecule has 0 radical (unpaired) electrons. The lowest BCUT2D eigenvalue weighted by Gasteiger charge is -2.37. The van der Waals surface area contributed by atoms with Crippen LogP contribution in [0.25, 0.3) is 22.3 Å². The molecule has 1 saturated heterocycles. The third-order valence-corrected chi connectivity index (χ3v) is 5.50. The number of aromatic hydroxyl groups is 1. The van der Waals surface area contributed by atoms with Gasteiger partial charge in [0.15, 0.2) is 5.82 Å². The standard InChI is InChI=1S/C23H26N4O3/c1-15(2)20(29)23(30)27-13-11-26(12-14-27)22-16-7-3-5-9-18(16)24-21(25-22)17-8-4-6-10-19(17)28/h3-10,15,20,28-29H,11-14H2,1-2H3. The lowest BCUT2D eigenvalue weighted by atomic mass is 10.1. The van der Waals surface area contributed by atoms with E-state index in [2.05, 4.69) is 9.88 Å². The largest absolute Gasteiger partial charge is 0.507 e. The van der Waals surface area contributed by atoms with E-state index in [1.807, 2.05) is 44.2 Å². The number of carbonyl (C=O) groups excluding carboxylic acids is 1. The maximum absolute atomic E-state index is 12.5. The second-order valence-electron chi connectivity index (χ2n) is 7.91. The lowest BCUT2D eigenvalue weighted by Crippen LogP contribution is -2.52. The predicted molar refractivity (Wildman–Crippen MR) is 116 cm³/mol. The molecular weight excluding hydrogens is 380 g/mol. The molecule has 0 saturated carbocycles. The summed E-state index contributed by atoms with van der Waals surface area (Å²) in [5, 5.41) is 21.3. The first-order valence-corrected chi connectivity index (χ1v) is 10.2. The van der Waals surface area contributed by atoms with Crippen molar-refractivity contribution in [1.29, 1.82) is 0 Å². The zero-order valence-corrected chi connectivity index (χ0v) is 17.2. The van der Waals surface area contributed by atoms with Gasteiger partial charge >= 0.3 is 0 Å². The molecule has 7 nitrogen and oxygen atoms in total. The molecule has 1 fully saturated rings. The number of benzene rings is 2. The van der Waals surface area contributed by atoms with Gasteiger partial charge in [0.05, 0.1) is 11.1 Å². The van der Waals surface area contributed by atoms with E-state index in [1.54, 1.807) is 23.1 Å². The molecular formula is C23H26N4O3. The van der Waals surface area contributed by atoms with Gasteiger partial charge in [-0.3, -0.25) is 4.79 Å². The molecule has 0 bridgehead atoms. The minimum Gasteiger partial charge on any atom is -0.507 e. The highest BCUT2D eigenvalue weighted by atomic mass is 16.3. The molecule has 1 aliphatic rings. The normalized spacial score (nSPS) is 15.6. The Morgan fingerprint density at radius 1 is 0.967 bits per heavy atom. The second-order valence-corrected chi connectivity index (χ2v) is 7.91. The fraction of sp³-hybridized carbons (Fsp3) is 0.348. The first-order valence-electron chi connectivity index (χ1n) is 10.2. The van der Waals surface area contributed by atoms with Crippen LogP contribution in [0.3, 0.4) is 0 Å². The fourth-order valence-electron chi connectivity index (χ4n) is 3.69. The Kier molecular flexibility index (Phi) is 5.55. The molecule has 2 heterocycles. The summed E-state index contributed by atoms with van der Waals surface area (Å²) in [5.74, 6) is 1.07. The molecule has 156 valence electrons. The number of rotatable bonds is 4. The Bertz CT molecular complexity index is 1060. The number of hydrogen-bond donors (Lipinski definition) is 2. The number of carbonyl (C=O) groups is 1. The predicted octanol–water partition coefficient (Wildman–Crippen LogP) is 2.67. The van der Waals surface area contributed by atoms with Crippen molar-refractivity contribution in [2.24, 2.45) is 5.92 Å². The van der Waals surface area contributed by atoms with Crippen LogP contribution in [-0.2, 0) is 4.79 Å². The molecule has 1 amide bonds. The minimum absolute atomic E-state index is 0.109. The fourth-order valence-corrected chi connectivity index (χ4v) is 3.69. The van der Waals surface area contributed by atoms with Crippen LogP contribution in [0.4, 0.5) is 5.82 Å².